The Morgan fingerprint density at radius 2 is 1.51 bits per heavy atom. The van der Waals surface area contributed by atoms with Crippen LogP contribution in [0.4, 0.5) is 0 Å². The number of hydrogen-bond donors (Lipinski definition) is 1. The van der Waals surface area contributed by atoms with E-state index in [0.717, 1.165) is 16.5 Å². The van der Waals surface area contributed by atoms with Gasteiger partial charge in [0.1, 0.15) is 0 Å². The number of hydrogen-bond acceptors (Lipinski definition) is 5. The quantitative estimate of drug-likeness (QED) is 0.439. The van der Waals surface area contributed by atoms with E-state index < -0.39 is 5.54 Å². The molecular formula is C28H36N2O5. The third kappa shape index (κ3) is 5.96. The number of carbonyl (C=O) groups is 1. The molecule has 0 bridgehead atoms. The third-order valence-electron chi connectivity index (χ3n) is 5.62. The normalized spacial score (nSPS) is 11.4. The highest BCUT2D eigenvalue weighted by atomic mass is 16.5. The molecule has 35 heavy (non-hydrogen) atoms. The Morgan fingerprint density at radius 1 is 0.914 bits per heavy atom. The van der Waals surface area contributed by atoms with Crippen LogP contribution < -0.4 is 19.8 Å². The van der Waals surface area contributed by atoms with Gasteiger partial charge in [0.2, 0.25) is 5.75 Å². The fourth-order valence-electron chi connectivity index (χ4n) is 3.93. The zero-order chi connectivity index (χ0) is 25.8. The van der Waals surface area contributed by atoms with Gasteiger partial charge in [0.05, 0.1) is 26.4 Å². The van der Waals surface area contributed by atoms with Crippen LogP contribution in [0.2, 0.25) is 0 Å². The van der Waals surface area contributed by atoms with Crippen molar-refractivity contribution in [3.8, 4) is 17.2 Å². The highest BCUT2D eigenvalue weighted by Crippen LogP contribution is 2.40. The van der Waals surface area contributed by atoms with Gasteiger partial charge in [-0.1, -0.05) is 12.1 Å². The van der Waals surface area contributed by atoms with Gasteiger partial charge in [-0.2, -0.15) is 0 Å². The number of amides is 1. The first-order valence-electron chi connectivity index (χ1n) is 12.1. The van der Waals surface area contributed by atoms with Crippen LogP contribution in [-0.2, 0) is 6.54 Å². The molecule has 0 fully saturated rings. The lowest BCUT2D eigenvalue weighted by atomic mass is 10.0. The molecule has 0 aliphatic rings. The number of ether oxygens (including phenoxy) is 3. The molecule has 0 aliphatic heterocycles. The van der Waals surface area contributed by atoms with E-state index in [9.17, 15) is 9.59 Å². The van der Waals surface area contributed by atoms with E-state index in [-0.39, 0.29) is 18.0 Å². The number of nitrogens with one attached hydrogen (secondary N) is 1. The van der Waals surface area contributed by atoms with E-state index in [1.54, 1.807) is 17.0 Å². The summed E-state index contributed by atoms with van der Waals surface area (Å²) in [6.07, 6.45) is 0. The molecular weight excluding hydrogens is 444 g/mol. The van der Waals surface area contributed by atoms with Crippen molar-refractivity contribution in [3.63, 3.8) is 0 Å². The van der Waals surface area contributed by atoms with Gasteiger partial charge in [0.25, 0.3) is 11.5 Å². The molecule has 1 N–H and O–H groups in total. The van der Waals surface area contributed by atoms with E-state index >= 15 is 0 Å². The minimum absolute atomic E-state index is 0.155. The predicted octanol–water partition coefficient (Wildman–Crippen LogP) is 5.47. The number of fused-ring (bicyclic) bond motifs is 1. The summed E-state index contributed by atoms with van der Waals surface area (Å²) in [6.45, 7) is 14.9. The summed E-state index contributed by atoms with van der Waals surface area (Å²) in [5.74, 6) is 1.16. The van der Waals surface area contributed by atoms with Crippen molar-refractivity contribution < 1.29 is 19.0 Å². The molecule has 0 saturated heterocycles. The summed E-state index contributed by atoms with van der Waals surface area (Å²) >= 11 is 0. The Labute approximate surface area is 207 Å². The lowest BCUT2D eigenvalue weighted by Crippen LogP contribution is -2.46. The van der Waals surface area contributed by atoms with Gasteiger partial charge in [0.15, 0.2) is 11.5 Å². The molecule has 0 radical (unpaired) electrons. The molecule has 0 saturated carbocycles. The highest BCUT2D eigenvalue weighted by Gasteiger charge is 2.30. The topological polar surface area (TPSA) is 80.9 Å². The van der Waals surface area contributed by atoms with Gasteiger partial charge >= 0.3 is 0 Å². The number of pyridine rings is 1. The molecule has 3 aromatic rings. The summed E-state index contributed by atoms with van der Waals surface area (Å²) in [5.41, 5.74) is 2.01. The van der Waals surface area contributed by atoms with Crippen molar-refractivity contribution in [2.75, 3.05) is 19.8 Å². The predicted molar refractivity (Wildman–Crippen MR) is 139 cm³/mol. The van der Waals surface area contributed by atoms with Crippen molar-refractivity contribution in [1.29, 1.82) is 0 Å². The van der Waals surface area contributed by atoms with Crippen molar-refractivity contribution in [1.82, 2.24) is 9.88 Å². The molecule has 2 aromatic carbocycles. The van der Waals surface area contributed by atoms with Crippen molar-refractivity contribution in [3.05, 3.63) is 63.4 Å². The molecule has 0 atom stereocenters. The summed E-state index contributed by atoms with van der Waals surface area (Å²) in [6, 6.07) is 11.1. The van der Waals surface area contributed by atoms with Gasteiger partial charge in [-0.05, 0) is 83.7 Å². The fraction of sp³-hybridized carbons (Fsp3) is 0.429. The van der Waals surface area contributed by atoms with Crippen LogP contribution in [-0.4, -0.2) is 41.2 Å². The average Bonchev–Trinajstić information content (AvgIpc) is 2.78. The number of carbonyl (C=O) groups excluding carboxylic acids is 1. The average molecular weight is 481 g/mol. The van der Waals surface area contributed by atoms with Crippen LogP contribution in [0.25, 0.3) is 10.9 Å². The van der Waals surface area contributed by atoms with Crippen LogP contribution in [0.3, 0.4) is 0 Å². The maximum absolute atomic E-state index is 13.9. The number of nitrogens with zero attached hydrogens (tertiary/aromatic N) is 1. The maximum Gasteiger partial charge on any atom is 0.254 e. The first-order chi connectivity index (χ1) is 16.6. The number of benzene rings is 2. The summed E-state index contributed by atoms with van der Waals surface area (Å²) < 4.78 is 17.4. The lowest BCUT2D eigenvalue weighted by molar-refractivity contribution is 0.0557. The van der Waals surface area contributed by atoms with Crippen LogP contribution >= 0.6 is 0 Å². The smallest absolute Gasteiger partial charge is 0.254 e. The van der Waals surface area contributed by atoms with E-state index in [4.69, 9.17) is 14.2 Å². The Kier molecular flexibility index (Phi) is 8.10. The number of rotatable bonds is 9. The summed E-state index contributed by atoms with van der Waals surface area (Å²) in [5, 5.41) is 0.921. The highest BCUT2D eigenvalue weighted by molar-refractivity contribution is 5.96. The lowest BCUT2D eigenvalue weighted by Gasteiger charge is -2.36. The second-order valence-electron chi connectivity index (χ2n) is 9.38. The number of H-pyrrole nitrogens is 1. The standard InChI is InChI=1S/C28H36N2O5/c1-8-33-23-15-20(16-24(34-9-2)25(23)35-10-3)27(32)30(28(5,6)7)17-21-14-19-12-11-18(4)13-22(19)29-26(21)31/h11-16H,8-10,17H2,1-7H3,(H,29,31). The SMILES string of the molecule is CCOc1cc(C(=O)N(Cc2cc3ccc(C)cc3[nH]c2=O)C(C)(C)C)cc(OCC)c1OCC. The van der Waals surface area contributed by atoms with Crippen molar-refractivity contribution in [2.45, 2.75) is 60.5 Å². The monoisotopic (exact) mass is 480 g/mol. The Bertz CT molecular complexity index is 1230. The zero-order valence-electron chi connectivity index (χ0n) is 21.8. The molecule has 3 rings (SSSR count). The second kappa shape index (κ2) is 10.8. The molecule has 1 aromatic heterocycles. The molecule has 7 heteroatoms. The molecule has 0 spiro atoms. The minimum atomic E-state index is -0.554. The first-order valence-corrected chi connectivity index (χ1v) is 12.1. The summed E-state index contributed by atoms with van der Waals surface area (Å²) in [7, 11) is 0. The van der Waals surface area contributed by atoms with E-state index in [1.165, 1.54) is 0 Å². The van der Waals surface area contributed by atoms with Gasteiger partial charge in [-0.25, -0.2) is 0 Å². The molecule has 7 nitrogen and oxygen atoms in total. The summed E-state index contributed by atoms with van der Waals surface area (Å²) in [4.78, 5) is 31.4. The van der Waals surface area contributed by atoms with Gasteiger partial charge in [-0.15, -0.1) is 0 Å². The molecule has 188 valence electrons. The zero-order valence-corrected chi connectivity index (χ0v) is 21.8. The molecule has 0 aliphatic carbocycles. The third-order valence-corrected chi connectivity index (χ3v) is 5.62. The minimum Gasteiger partial charge on any atom is -0.490 e. The maximum atomic E-state index is 13.9. The van der Waals surface area contributed by atoms with Gasteiger partial charge in [0, 0.05) is 22.2 Å². The van der Waals surface area contributed by atoms with E-state index in [0.29, 0.717) is 48.2 Å². The van der Waals surface area contributed by atoms with Crippen LogP contribution in [0, 0.1) is 6.92 Å². The van der Waals surface area contributed by atoms with Gasteiger partial charge in [-0.3, -0.25) is 9.59 Å². The molecule has 0 unspecified atom stereocenters. The Balaban J connectivity index is 2.07. The van der Waals surface area contributed by atoms with Crippen molar-refractivity contribution >= 4 is 16.8 Å². The fourth-order valence-corrected chi connectivity index (χ4v) is 3.93. The first kappa shape index (κ1) is 26.1. The van der Waals surface area contributed by atoms with Crippen molar-refractivity contribution in [2.24, 2.45) is 0 Å². The number of aromatic nitrogens is 1. The Morgan fingerprint density at radius 3 is 2.06 bits per heavy atom. The van der Waals surface area contributed by atoms with E-state index in [1.807, 2.05) is 72.7 Å². The van der Waals surface area contributed by atoms with Gasteiger partial charge < -0.3 is 24.1 Å². The van der Waals surface area contributed by atoms with Crippen LogP contribution in [0.1, 0.15) is 63.0 Å². The molecule has 1 heterocycles. The largest absolute Gasteiger partial charge is 0.490 e. The second-order valence-corrected chi connectivity index (χ2v) is 9.38. The van der Waals surface area contributed by atoms with Crippen LogP contribution in [0.5, 0.6) is 17.2 Å². The Hall–Kier alpha value is -3.48. The number of aromatic amines is 1. The van der Waals surface area contributed by atoms with Crippen LogP contribution in [0.15, 0.2) is 41.2 Å². The number of aryl methyl sites for hydroxylation is 1. The molecule has 1 amide bonds. The van der Waals surface area contributed by atoms with E-state index in [2.05, 4.69) is 4.98 Å².